The van der Waals surface area contributed by atoms with Crippen LogP contribution in [-0.2, 0) is 6.54 Å². The summed E-state index contributed by atoms with van der Waals surface area (Å²) >= 11 is 5.24. The Hall–Kier alpha value is -1.94. The quantitative estimate of drug-likeness (QED) is 0.829. The normalized spacial score (nSPS) is 9.83. The van der Waals surface area contributed by atoms with E-state index in [1.807, 2.05) is 24.3 Å². The van der Waals surface area contributed by atoms with Gasteiger partial charge < -0.3 is 10.6 Å². The predicted octanol–water partition coefficient (Wildman–Crippen LogP) is 2.88. The van der Waals surface area contributed by atoms with E-state index in [1.54, 1.807) is 12.4 Å². The first-order chi connectivity index (χ1) is 8.74. The van der Waals surface area contributed by atoms with Crippen molar-refractivity contribution in [2.45, 2.75) is 13.5 Å². The van der Waals surface area contributed by atoms with Crippen molar-refractivity contribution in [1.29, 1.82) is 0 Å². The van der Waals surface area contributed by atoms with Crippen molar-refractivity contribution < 1.29 is 0 Å². The van der Waals surface area contributed by atoms with Gasteiger partial charge >= 0.3 is 0 Å². The number of rotatable bonds is 3. The SMILES string of the molecule is Cc1cccc(NC(=S)NCc2ccncc2)c1. The summed E-state index contributed by atoms with van der Waals surface area (Å²) in [7, 11) is 0. The zero-order valence-corrected chi connectivity index (χ0v) is 11.0. The van der Waals surface area contributed by atoms with Gasteiger partial charge in [-0.05, 0) is 54.5 Å². The summed E-state index contributed by atoms with van der Waals surface area (Å²) in [6, 6.07) is 12.0. The minimum atomic E-state index is 0.623. The zero-order valence-electron chi connectivity index (χ0n) is 10.2. The molecule has 0 aliphatic rings. The van der Waals surface area contributed by atoms with Crippen molar-refractivity contribution in [2.75, 3.05) is 5.32 Å². The van der Waals surface area contributed by atoms with E-state index >= 15 is 0 Å². The Morgan fingerprint density at radius 2 is 2.00 bits per heavy atom. The lowest BCUT2D eigenvalue weighted by atomic mass is 10.2. The lowest BCUT2D eigenvalue weighted by Crippen LogP contribution is -2.27. The second-order valence-corrected chi connectivity index (χ2v) is 4.44. The minimum Gasteiger partial charge on any atom is -0.358 e. The second-order valence-electron chi connectivity index (χ2n) is 4.03. The number of hydrogen-bond donors (Lipinski definition) is 2. The van der Waals surface area contributed by atoms with Crippen LogP contribution >= 0.6 is 12.2 Å². The molecule has 0 saturated carbocycles. The molecule has 1 heterocycles. The van der Waals surface area contributed by atoms with E-state index in [4.69, 9.17) is 12.2 Å². The third-order valence-electron chi connectivity index (χ3n) is 2.48. The maximum atomic E-state index is 5.24. The predicted molar refractivity (Wildman–Crippen MR) is 78.5 cm³/mol. The number of thiocarbonyl (C=S) groups is 1. The summed E-state index contributed by atoms with van der Waals surface area (Å²) in [6.07, 6.45) is 3.54. The highest BCUT2D eigenvalue weighted by Crippen LogP contribution is 2.09. The Bertz CT molecular complexity index is 526. The molecule has 0 aliphatic heterocycles. The molecule has 92 valence electrons. The van der Waals surface area contributed by atoms with Crippen LogP contribution in [0.4, 0.5) is 5.69 Å². The molecular formula is C14H15N3S. The molecule has 3 nitrogen and oxygen atoms in total. The van der Waals surface area contributed by atoms with Crippen molar-refractivity contribution in [3.8, 4) is 0 Å². The number of nitrogens with one attached hydrogen (secondary N) is 2. The van der Waals surface area contributed by atoms with E-state index in [0.717, 1.165) is 11.3 Å². The summed E-state index contributed by atoms with van der Waals surface area (Å²) < 4.78 is 0. The molecule has 2 rings (SSSR count). The van der Waals surface area contributed by atoms with Gasteiger partial charge in [0.2, 0.25) is 0 Å². The Kier molecular flexibility index (Phi) is 4.25. The molecule has 0 spiro atoms. The van der Waals surface area contributed by atoms with Crippen LogP contribution in [0.1, 0.15) is 11.1 Å². The van der Waals surface area contributed by atoms with E-state index in [9.17, 15) is 0 Å². The Morgan fingerprint density at radius 3 is 2.72 bits per heavy atom. The van der Waals surface area contributed by atoms with Crippen LogP contribution in [-0.4, -0.2) is 10.1 Å². The molecule has 0 fully saturated rings. The van der Waals surface area contributed by atoms with Gasteiger partial charge in [-0.2, -0.15) is 0 Å². The molecule has 0 saturated heterocycles. The number of aromatic nitrogens is 1. The highest BCUT2D eigenvalue weighted by molar-refractivity contribution is 7.80. The van der Waals surface area contributed by atoms with Gasteiger partial charge in [0, 0.05) is 24.6 Å². The van der Waals surface area contributed by atoms with Gasteiger partial charge in [0.05, 0.1) is 0 Å². The smallest absolute Gasteiger partial charge is 0.171 e. The van der Waals surface area contributed by atoms with Crippen molar-refractivity contribution in [3.63, 3.8) is 0 Å². The van der Waals surface area contributed by atoms with Crippen molar-refractivity contribution in [3.05, 3.63) is 59.9 Å². The van der Waals surface area contributed by atoms with Crippen molar-refractivity contribution in [1.82, 2.24) is 10.3 Å². The summed E-state index contributed by atoms with van der Waals surface area (Å²) in [5.41, 5.74) is 3.36. The highest BCUT2D eigenvalue weighted by atomic mass is 32.1. The Morgan fingerprint density at radius 1 is 1.22 bits per heavy atom. The summed E-state index contributed by atoms with van der Waals surface area (Å²) in [6.45, 7) is 2.75. The van der Waals surface area contributed by atoms with Crippen LogP contribution < -0.4 is 10.6 Å². The second kappa shape index (κ2) is 6.12. The van der Waals surface area contributed by atoms with Gasteiger partial charge in [-0.1, -0.05) is 12.1 Å². The lowest BCUT2D eigenvalue weighted by Gasteiger charge is -2.10. The molecule has 2 aromatic rings. The Balaban J connectivity index is 1.86. The molecule has 0 atom stereocenters. The number of aryl methyl sites for hydroxylation is 1. The van der Waals surface area contributed by atoms with Gasteiger partial charge in [-0.15, -0.1) is 0 Å². The van der Waals surface area contributed by atoms with E-state index < -0.39 is 0 Å². The summed E-state index contributed by atoms with van der Waals surface area (Å²) in [5.74, 6) is 0. The molecule has 1 aromatic heterocycles. The largest absolute Gasteiger partial charge is 0.358 e. The van der Waals surface area contributed by atoms with Gasteiger partial charge in [0.15, 0.2) is 5.11 Å². The molecule has 0 unspecified atom stereocenters. The first kappa shape index (κ1) is 12.5. The molecule has 2 N–H and O–H groups in total. The number of benzene rings is 1. The first-order valence-electron chi connectivity index (χ1n) is 5.74. The topological polar surface area (TPSA) is 37.0 Å². The van der Waals surface area contributed by atoms with Gasteiger partial charge in [0.25, 0.3) is 0 Å². The van der Waals surface area contributed by atoms with Gasteiger partial charge in [-0.25, -0.2) is 0 Å². The fraction of sp³-hybridized carbons (Fsp3) is 0.143. The van der Waals surface area contributed by atoms with Gasteiger partial charge in [0.1, 0.15) is 0 Å². The van der Waals surface area contributed by atoms with Crippen LogP contribution in [0.15, 0.2) is 48.8 Å². The van der Waals surface area contributed by atoms with Crippen LogP contribution in [0.2, 0.25) is 0 Å². The average Bonchev–Trinajstić information content (AvgIpc) is 2.38. The molecule has 0 amide bonds. The average molecular weight is 257 g/mol. The van der Waals surface area contributed by atoms with Crippen LogP contribution in [0.25, 0.3) is 0 Å². The van der Waals surface area contributed by atoms with Crippen molar-refractivity contribution >= 4 is 23.0 Å². The molecule has 0 bridgehead atoms. The van der Waals surface area contributed by atoms with E-state index in [2.05, 4.69) is 34.7 Å². The van der Waals surface area contributed by atoms with E-state index in [1.165, 1.54) is 5.56 Å². The highest BCUT2D eigenvalue weighted by Gasteiger charge is 1.98. The monoisotopic (exact) mass is 257 g/mol. The van der Waals surface area contributed by atoms with Crippen LogP contribution in [0.3, 0.4) is 0 Å². The maximum absolute atomic E-state index is 5.24. The fourth-order valence-corrected chi connectivity index (χ4v) is 1.77. The van der Waals surface area contributed by atoms with Crippen LogP contribution in [0, 0.1) is 6.92 Å². The molecule has 0 aliphatic carbocycles. The lowest BCUT2D eigenvalue weighted by molar-refractivity contribution is 0.921. The first-order valence-corrected chi connectivity index (χ1v) is 6.15. The third kappa shape index (κ3) is 3.82. The number of anilines is 1. The van der Waals surface area contributed by atoms with E-state index in [0.29, 0.717) is 11.7 Å². The Labute approximate surface area is 112 Å². The fourth-order valence-electron chi connectivity index (χ4n) is 1.58. The summed E-state index contributed by atoms with van der Waals surface area (Å²) in [4.78, 5) is 3.97. The van der Waals surface area contributed by atoms with Gasteiger partial charge in [-0.3, -0.25) is 4.98 Å². The standard InChI is InChI=1S/C14H15N3S/c1-11-3-2-4-13(9-11)17-14(18)16-10-12-5-7-15-8-6-12/h2-9H,10H2,1H3,(H2,16,17,18). The van der Waals surface area contributed by atoms with Crippen LogP contribution in [0.5, 0.6) is 0 Å². The molecular weight excluding hydrogens is 242 g/mol. The maximum Gasteiger partial charge on any atom is 0.171 e. The number of nitrogens with zero attached hydrogens (tertiary/aromatic N) is 1. The molecule has 1 aromatic carbocycles. The zero-order chi connectivity index (χ0) is 12.8. The molecule has 4 heteroatoms. The number of pyridine rings is 1. The molecule has 0 radical (unpaired) electrons. The third-order valence-corrected chi connectivity index (χ3v) is 2.72. The number of hydrogen-bond acceptors (Lipinski definition) is 2. The summed E-state index contributed by atoms with van der Waals surface area (Å²) in [5, 5.41) is 6.94. The molecule has 18 heavy (non-hydrogen) atoms. The van der Waals surface area contributed by atoms with Crippen molar-refractivity contribution in [2.24, 2.45) is 0 Å². The minimum absolute atomic E-state index is 0.623. The van der Waals surface area contributed by atoms with E-state index in [-0.39, 0.29) is 0 Å².